The molecule has 112 valence electrons. The van der Waals surface area contributed by atoms with Gasteiger partial charge in [0.25, 0.3) is 10.8 Å². The number of hydrogen-bond donors (Lipinski definition) is 1. The topological polar surface area (TPSA) is 72.0 Å². The maximum atomic E-state index is 12.4. The third-order valence-corrected chi connectivity index (χ3v) is 4.97. The zero-order valence-electron chi connectivity index (χ0n) is 11.9. The highest BCUT2D eigenvalue weighted by Gasteiger charge is 2.15. The van der Waals surface area contributed by atoms with E-state index >= 15 is 0 Å². The number of aromatic amines is 1. The van der Waals surface area contributed by atoms with Crippen molar-refractivity contribution in [2.24, 2.45) is 0 Å². The molecule has 5 nitrogen and oxygen atoms in total. The van der Waals surface area contributed by atoms with E-state index in [9.17, 15) is 9.59 Å². The molecule has 3 rings (SSSR count). The molecule has 0 atom stereocenters. The summed E-state index contributed by atoms with van der Waals surface area (Å²) in [6, 6.07) is 1.90. The van der Waals surface area contributed by atoms with Crippen LogP contribution in [0.3, 0.4) is 0 Å². The predicted octanol–water partition coefficient (Wildman–Crippen LogP) is 3.26. The average Bonchev–Trinajstić information content (AvgIpc) is 3.13. The van der Waals surface area contributed by atoms with Crippen LogP contribution in [0, 0.1) is 6.92 Å². The van der Waals surface area contributed by atoms with E-state index in [1.165, 1.54) is 35.9 Å². The number of thiophene rings is 1. The van der Waals surface area contributed by atoms with Gasteiger partial charge in [-0.05, 0) is 36.1 Å². The number of aryl methyl sites for hydroxylation is 1. The second kappa shape index (κ2) is 5.86. The molecular weight excluding hydrogens is 320 g/mol. The van der Waals surface area contributed by atoms with Crippen molar-refractivity contribution in [3.05, 3.63) is 50.1 Å². The Bertz CT molecular complexity index is 934. The Hall–Kier alpha value is -2.25. The highest BCUT2D eigenvalue weighted by atomic mass is 32.1. The number of methoxy groups -OCH3 is 1. The molecule has 7 heteroatoms. The maximum Gasteiger partial charge on any atom is 0.273 e. The molecule has 3 heterocycles. The van der Waals surface area contributed by atoms with Crippen molar-refractivity contribution in [3.63, 3.8) is 0 Å². The number of pyridine rings is 1. The monoisotopic (exact) mass is 332 g/mol. The molecule has 3 aromatic rings. The van der Waals surface area contributed by atoms with Gasteiger partial charge in [-0.1, -0.05) is 11.3 Å². The average molecular weight is 332 g/mol. The first kappa shape index (κ1) is 14.7. The standard InChI is InChI=1S/C15H12N2O3S2/c1-8-10-5-6-21-14(10)17-13(19)12(8)11(18)4-3-9-7-16-15(20-2)22-9/h3-7H,1-2H3,(H,17,19). The molecule has 0 bridgehead atoms. The van der Waals surface area contributed by atoms with Gasteiger partial charge in [-0.3, -0.25) is 9.59 Å². The number of carbonyl (C=O) groups excluding carboxylic acids is 1. The summed E-state index contributed by atoms with van der Waals surface area (Å²) in [5, 5.41) is 3.32. The summed E-state index contributed by atoms with van der Waals surface area (Å²) in [5.41, 5.74) is 0.527. The first-order valence-corrected chi connectivity index (χ1v) is 8.12. The number of H-pyrrole nitrogens is 1. The summed E-state index contributed by atoms with van der Waals surface area (Å²) in [6.07, 6.45) is 4.65. The van der Waals surface area contributed by atoms with Crippen molar-refractivity contribution in [3.8, 4) is 5.19 Å². The Morgan fingerprint density at radius 3 is 3.00 bits per heavy atom. The van der Waals surface area contributed by atoms with Crippen LogP contribution in [-0.2, 0) is 0 Å². The molecular formula is C15H12N2O3S2. The lowest BCUT2D eigenvalue weighted by atomic mass is 10.0. The van der Waals surface area contributed by atoms with Gasteiger partial charge in [-0.2, -0.15) is 0 Å². The van der Waals surface area contributed by atoms with Crippen LogP contribution in [-0.4, -0.2) is 22.9 Å². The lowest BCUT2D eigenvalue weighted by Crippen LogP contribution is -2.18. The minimum atomic E-state index is -0.357. The Labute approximate surface area is 133 Å². The largest absolute Gasteiger partial charge is 0.473 e. The molecule has 0 unspecified atom stereocenters. The third-order valence-electron chi connectivity index (χ3n) is 3.22. The summed E-state index contributed by atoms with van der Waals surface area (Å²) < 4.78 is 5.00. The molecule has 0 radical (unpaired) electrons. The van der Waals surface area contributed by atoms with E-state index in [1.807, 2.05) is 11.4 Å². The van der Waals surface area contributed by atoms with Gasteiger partial charge >= 0.3 is 0 Å². The maximum absolute atomic E-state index is 12.4. The van der Waals surface area contributed by atoms with Crippen molar-refractivity contribution in [1.29, 1.82) is 0 Å². The molecule has 1 N–H and O–H groups in total. The van der Waals surface area contributed by atoms with Crippen LogP contribution in [0.5, 0.6) is 5.19 Å². The van der Waals surface area contributed by atoms with Crippen LogP contribution in [0.2, 0.25) is 0 Å². The molecule has 0 spiro atoms. The van der Waals surface area contributed by atoms with Gasteiger partial charge in [0, 0.05) is 11.6 Å². The fourth-order valence-electron chi connectivity index (χ4n) is 2.15. The number of aromatic nitrogens is 2. The van der Waals surface area contributed by atoms with Crippen LogP contribution < -0.4 is 10.3 Å². The quantitative estimate of drug-likeness (QED) is 0.588. The number of hydrogen-bond acceptors (Lipinski definition) is 6. The smallest absolute Gasteiger partial charge is 0.273 e. The molecule has 0 aliphatic heterocycles. The van der Waals surface area contributed by atoms with Crippen molar-refractivity contribution in [1.82, 2.24) is 9.97 Å². The van der Waals surface area contributed by atoms with Crippen molar-refractivity contribution in [2.45, 2.75) is 6.92 Å². The van der Waals surface area contributed by atoms with Crippen LogP contribution in [0.25, 0.3) is 16.3 Å². The molecule has 0 aliphatic rings. The van der Waals surface area contributed by atoms with Gasteiger partial charge in [0.2, 0.25) is 0 Å². The third kappa shape index (κ3) is 2.60. The Balaban J connectivity index is 1.96. The highest BCUT2D eigenvalue weighted by molar-refractivity contribution is 7.16. The molecule has 0 amide bonds. The Morgan fingerprint density at radius 1 is 1.45 bits per heavy atom. The molecule has 0 aliphatic carbocycles. The minimum Gasteiger partial charge on any atom is -0.473 e. The van der Waals surface area contributed by atoms with Crippen LogP contribution in [0.15, 0.2) is 28.5 Å². The zero-order valence-corrected chi connectivity index (χ0v) is 13.5. The fraction of sp³-hybridized carbons (Fsp3) is 0.133. The van der Waals surface area contributed by atoms with Crippen LogP contribution in [0.1, 0.15) is 20.8 Å². The molecule has 3 aromatic heterocycles. The number of nitrogens with one attached hydrogen (secondary N) is 1. The van der Waals surface area contributed by atoms with Crippen molar-refractivity contribution >= 4 is 44.7 Å². The first-order valence-electron chi connectivity index (χ1n) is 6.42. The molecule has 0 aromatic carbocycles. The van der Waals surface area contributed by atoms with E-state index in [0.29, 0.717) is 10.8 Å². The van der Waals surface area contributed by atoms with Gasteiger partial charge in [-0.25, -0.2) is 4.98 Å². The van der Waals surface area contributed by atoms with E-state index in [-0.39, 0.29) is 16.9 Å². The van der Waals surface area contributed by atoms with E-state index in [1.54, 1.807) is 19.2 Å². The number of nitrogens with zero attached hydrogens (tertiary/aromatic N) is 1. The van der Waals surface area contributed by atoms with Crippen LogP contribution >= 0.6 is 22.7 Å². The van der Waals surface area contributed by atoms with Crippen LogP contribution in [0.4, 0.5) is 0 Å². The number of allylic oxidation sites excluding steroid dienone is 1. The number of ether oxygens (including phenoxy) is 1. The normalized spacial score (nSPS) is 11.4. The molecule has 0 saturated carbocycles. The van der Waals surface area contributed by atoms with Gasteiger partial charge in [0.05, 0.1) is 17.6 Å². The molecule has 22 heavy (non-hydrogen) atoms. The van der Waals surface area contributed by atoms with Gasteiger partial charge in [0.15, 0.2) is 5.78 Å². The second-order valence-corrected chi connectivity index (χ2v) is 6.49. The summed E-state index contributed by atoms with van der Waals surface area (Å²) in [6.45, 7) is 1.79. The predicted molar refractivity (Wildman–Crippen MR) is 89.2 cm³/mol. The summed E-state index contributed by atoms with van der Waals surface area (Å²) >= 11 is 2.77. The zero-order chi connectivity index (χ0) is 15.7. The molecule has 0 fully saturated rings. The number of ketones is 1. The van der Waals surface area contributed by atoms with Crippen molar-refractivity contribution in [2.75, 3.05) is 7.11 Å². The van der Waals surface area contributed by atoms with Gasteiger partial charge in [-0.15, -0.1) is 11.3 Å². The number of carbonyl (C=O) groups is 1. The fourth-order valence-corrected chi connectivity index (χ4v) is 3.62. The summed E-state index contributed by atoms with van der Waals surface area (Å²) in [5.74, 6) is -0.320. The Morgan fingerprint density at radius 2 is 2.27 bits per heavy atom. The second-order valence-electron chi connectivity index (χ2n) is 4.55. The summed E-state index contributed by atoms with van der Waals surface area (Å²) in [7, 11) is 1.54. The van der Waals surface area contributed by atoms with Crippen molar-refractivity contribution < 1.29 is 9.53 Å². The minimum absolute atomic E-state index is 0.179. The van der Waals surface area contributed by atoms with E-state index in [2.05, 4.69) is 9.97 Å². The van der Waals surface area contributed by atoms with Gasteiger partial charge in [0.1, 0.15) is 4.83 Å². The van der Waals surface area contributed by atoms with E-state index in [0.717, 1.165) is 15.1 Å². The van der Waals surface area contributed by atoms with E-state index in [4.69, 9.17) is 4.74 Å². The SMILES string of the molecule is COc1ncc(C=CC(=O)c2c(C)c3ccsc3[nH]c2=O)s1. The lowest BCUT2D eigenvalue weighted by molar-refractivity contribution is 0.104. The Kier molecular flexibility index (Phi) is 3.91. The summed E-state index contributed by atoms with van der Waals surface area (Å²) in [4.78, 5) is 32.8. The van der Waals surface area contributed by atoms with E-state index < -0.39 is 0 Å². The highest BCUT2D eigenvalue weighted by Crippen LogP contribution is 2.23. The molecule has 0 saturated heterocycles. The van der Waals surface area contributed by atoms with Gasteiger partial charge < -0.3 is 9.72 Å². The number of thiazole rings is 1. The first-order chi connectivity index (χ1) is 10.6. The number of rotatable bonds is 4. The number of fused-ring (bicyclic) bond motifs is 1. The lowest BCUT2D eigenvalue weighted by Gasteiger charge is -2.02.